The molecule has 105 valence electrons. The number of rotatable bonds is 4. The van der Waals surface area contributed by atoms with Crippen molar-refractivity contribution < 1.29 is 61.0 Å². The van der Waals surface area contributed by atoms with Gasteiger partial charge in [0.2, 0.25) is 5.91 Å². The zero-order valence-corrected chi connectivity index (χ0v) is 15.8. The average Bonchev–Trinajstić information content (AvgIpc) is 2.66. The molecule has 6 heteroatoms. The van der Waals surface area contributed by atoms with Crippen LogP contribution in [0.15, 0.2) is 18.2 Å². The van der Waals surface area contributed by atoms with Gasteiger partial charge in [0.25, 0.3) is 0 Å². The molecule has 1 aromatic rings. The molecule has 1 unspecified atom stereocenters. The second kappa shape index (κ2) is 8.48. The van der Waals surface area contributed by atoms with Crippen LogP contribution in [-0.2, 0) is 22.4 Å². The summed E-state index contributed by atoms with van der Waals surface area (Å²) in [5.74, 6) is -0.627. The van der Waals surface area contributed by atoms with Crippen molar-refractivity contribution >= 4 is 25.9 Å². The molecular formula is C15H18BKN2O2-. The Labute approximate surface area is 170 Å². The molecule has 0 saturated carbocycles. The molecule has 1 aromatic carbocycles. The summed E-state index contributed by atoms with van der Waals surface area (Å²) in [6.07, 6.45) is 2.30. The molecule has 2 N–H and O–H groups in total. The summed E-state index contributed by atoms with van der Waals surface area (Å²) >= 11 is 0. The van der Waals surface area contributed by atoms with E-state index in [1.807, 2.05) is 25.1 Å². The first-order valence-corrected chi connectivity index (χ1v) is 6.47. The molecule has 1 aliphatic rings. The fourth-order valence-corrected chi connectivity index (χ4v) is 2.44. The van der Waals surface area contributed by atoms with Gasteiger partial charge in [-0.25, -0.2) is 0 Å². The number of carbonyl (C=O) groups is 2. The van der Waals surface area contributed by atoms with Crippen LogP contribution in [0.1, 0.15) is 30.9 Å². The zero-order chi connectivity index (χ0) is 14.0. The van der Waals surface area contributed by atoms with Crippen molar-refractivity contribution in [2.24, 2.45) is 5.41 Å². The molecule has 0 fully saturated rings. The van der Waals surface area contributed by atoms with Gasteiger partial charge in [-0.05, 0) is 42.5 Å². The van der Waals surface area contributed by atoms with Crippen LogP contribution in [0.3, 0.4) is 0 Å². The summed E-state index contributed by atoms with van der Waals surface area (Å²) in [6.45, 7) is 5.84. The number of hydrogen-bond donors (Lipinski definition) is 1. The van der Waals surface area contributed by atoms with E-state index in [2.05, 4.69) is 12.2 Å². The third kappa shape index (κ3) is 4.93. The SMILES string of the molecule is [B].[CH2-]C1(C([NH-])=O)Cc2ccc(NC(=O)CCC)cc2C1.[K+]. The smallest absolute Gasteiger partial charge is 0.670 e. The van der Waals surface area contributed by atoms with Gasteiger partial charge >= 0.3 is 51.4 Å². The Hall–Kier alpha value is -0.139. The standard InChI is InChI=1S/C15H19N2O2.B.K/c1-3-4-13(18)17-12-6-5-10-8-15(2,14(16)19)9-11(10)7-12;;/h5-7H,2-4,8-9H2,1H3,(H3,16,17,18,19);;/q-1;;+1/p-1. The Morgan fingerprint density at radius 1 is 1.33 bits per heavy atom. The topological polar surface area (TPSA) is 70.0 Å². The Morgan fingerprint density at radius 3 is 2.52 bits per heavy atom. The van der Waals surface area contributed by atoms with Gasteiger partial charge in [-0.15, -0.1) is 5.41 Å². The number of carbonyl (C=O) groups excluding carboxylic acids is 2. The zero-order valence-electron chi connectivity index (χ0n) is 12.7. The number of amides is 2. The van der Waals surface area contributed by atoms with Crippen molar-refractivity contribution in [3.63, 3.8) is 0 Å². The van der Waals surface area contributed by atoms with E-state index in [0.29, 0.717) is 19.3 Å². The Bertz CT molecular complexity index is 536. The molecular weight excluding hydrogens is 290 g/mol. The largest absolute Gasteiger partial charge is 1.00 e. The second-order valence-corrected chi connectivity index (χ2v) is 5.24. The van der Waals surface area contributed by atoms with Gasteiger partial charge in [0, 0.05) is 26.4 Å². The summed E-state index contributed by atoms with van der Waals surface area (Å²) < 4.78 is 0. The molecule has 0 aliphatic heterocycles. The maximum Gasteiger partial charge on any atom is 1.00 e. The summed E-state index contributed by atoms with van der Waals surface area (Å²) in [6, 6.07) is 5.64. The number of fused-ring (bicyclic) bond motifs is 1. The van der Waals surface area contributed by atoms with Crippen LogP contribution in [0.25, 0.3) is 5.73 Å². The fraction of sp³-hybridized carbons (Fsp3) is 0.400. The summed E-state index contributed by atoms with van der Waals surface area (Å²) in [4.78, 5) is 22.9. The van der Waals surface area contributed by atoms with Gasteiger partial charge in [-0.2, -0.15) is 0 Å². The third-order valence-electron chi connectivity index (χ3n) is 3.51. The minimum absolute atomic E-state index is 0. The minimum Gasteiger partial charge on any atom is -0.670 e. The van der Waals surface area contributed by atoms with Crippen LogP contribution in [0.2, 0.25) is 0 Å². The molecule has 0 bridgehead atoms. The van der Waals surface area contributed by atoms with Crippen molar-refractivity contribution in [3.8, 4) is 0 Å². The Morgan fingerprint density at radius 2 is 1.95 bits per heavy atom. The van der Waals surface area contributed by atoms with E-state index in [9.17, 15) is 9.59 Å². The quantitative estimate of drug-likeness (QED) is 0.604. The van der Waals surface area contributed by atoms with Gasteiger partial charge in [0.15, 0.2) is 0 Å². The minimum atomic E-state index is -0.853. The van der Waals surface area contributed by atoms with Crippen LogP contribution in [0.5, 0.6) is 0 Å². The van der Waals surface area contributed by atoms with Gasteiger partial charge in [-0.3, -0.25) is 4.79 Å². The average molecular weight is 308 g/mol. The molecule has 0 saturated heterocycles. The van der Waals surface area contributed by atoms with E-state index in [0.717, 1.165) is 23.2 Å². The first kappa shape index (κ1) is 20.9. The normalized spacial score (nSPS) is 19.0. The van der Waals surface area contributed by atoms with E-state index in [1.54, 1.807) is 0 Å². The van der Waals surface area contributed by atoms with Crippen molar-refractivity contribution in [3.05, 3.63) is 42.0 Å². The number of anilines is 1. The van der Waals surface area contributed by atoms with Gasteiger partial charge in [-0.1, -0.05) is 13.0 Å². The summed E-state index contributed by atoms with van der Waals surface area (Å²) in [7, 11) is 0. The molecule has 0 spiro atoms. The van der Waals surface area contributed by atoms with E-state index in [1.165, 1.54) is 0 Å². The molecule has 21 heavy (non-hydrogen) atoms. The van der Waals surface area contributed by atoms with E-state index in [4.69, 9.17) is 5.73 Å². The summed E-state index contributed by atoms with van der Waals surface area (Å²) in [5.41, 5.74) is 9.24. The maximum absolute atomic E-state index is 11.5. The first-order valence-electron chi connectivity index (χ1n) is 6.47. The predicted molar refractivity (Wildman–Crippen MR) is 80.3 cm³/mol. The van der Waals surface area contributed by atoms with Crippen LogP contribution in [0.4, 0.5) is 5.69 Å². The Kier molecular flexibility index (Phi) is 8.43. The molecule has 3 radical (unpaired) electrons. The van der Waals surface area contributed by atoms with Gasteiger partial charge in [0.1, 0.15) is 0 Å². The molecule has 2 amide bonds. The van der Waals surface area contributed by atoms with Crippen molar-refractivity contribution in [1.82, 2.24) is 0 Å². The van der Waals surface area contributed by atoms with Gasteiger partial charge < -0.3 is 22.8 Å². The molecule has 1 aliphatic carbocycles. The number of benzene rings is 1. The van der Waals surface area contributed by atoms with Gasteiger partial charge in [0.05, 0.1) is 0 Å². The Balaban J connectivity index is 0.00000200. The van der Waals surface area contributed by atoms with Crippen molar-refractivity contribution in [1.29, 1.82) is 0 Å². The van der Waals surface area contributed by atoms with E-state index < -0.39 is 11.3 Å². The molecule has 0 heterocycles. The third-order valence-corrected chi connectivity index (χ3v) is 3.51. The first-order chi connectivity index (χ1) is 8.94. The monoisotopic (exact) mass is 308 g/mol. The number of hydrogen-bond acceptors (Lipinski definition) is 2. The van der Waals surface area contributed by atoms with Crippen molar-refractivity contribution in [2.75, 3.05) is 5.32 Å². The van der Waals surface area contributed by atoms with Crippen LogP contribution < -0.4 is 56.7 Å². The number of nitrogens with one attached hydrogen (secondary N) is 2. The summed E-state index contributed by atoms with van der Waals surface area (Å²) in [5, 5.41) is 2.84. The molecule has 4 nitrogen and oxygen atoms in total. The van der Waals surface area contributed by atoms with E-state index >= 15 is 0 Å². The van der Waals surface area contributed by atoms with Crippen LogP contribution in [-0.4, -0.2) is 20.2 Å². The fourth-order valence-electron chi connectivity index (χ4n) is 2.44. The molecule has 0 aromatic heterocycles. The molecule has 2 rings (SSSR count). The van der Waals surface area contributed by atoms with Crippen molar-refractivity contribution in [2.45, 2.75) is 32.6 Å². The van der Waals surface area contributed by atoms with E-state index in [-0.39, 0.29) is 65.7 Å². The second-order valence-electron chi connectivity index (χ2n) is 5.24. The predicted octanol–water partition coefficient (Wildman–Crippen LogP) is -0.454. The van der Waals surface area contributed by atoms with Crippen LogP contribution >= 0.6 is 0 Å². The molecule has 1 atom stereocenters. The maximum atomic E-state index is 11.5. The van der Waals surface area contributed by atoms with Crippen LogP contribution in [0, 0.1) is 12.3 Å².